The number of nitrogens with zero attached hydrogens (tertiary/aromatic N) is 3. The van der Waals surface area contributed by atoms with Crippen LogP contribution in [0.1, 0.15) is 5.56 Å². The third-order valence-electron chi connectivity index (χ3n) is 2.41. The second-order valence-corrected chi connectivity index (χ2v) is 4.11. The van der Waals surface area contributed by atoms with Gasteiger partial charge in [-0.1, -0.05) is 17.7 Å². The van der Waals surface area contributed by atoms with Crippen LogP contribution in [0.2, 0.25) is 5.15 Å². The normalized spacial score (nSPS) is 10.4. The van der Waals surface area contributed by atoms with Crippen LogP contribution < -0.4 is 5.56 Å². The van der Waals surface area contributed by atoms with Crippen LogP contribution >= 0.6 is 11.6 Å². The minimum atomic E-state index is -0.947. The molecule has 0 aliphatic carbocycles. The first-order valence-electron chi connectivity index (χ1n) is 5.12. The van der Waals surface area contributed by atoms with Gasteiger partial charge in [0.1, 0.15) is 5.15 Å². The third-order valence-corrected chi connectivity index (χ3v) is 2.61. The van der Waals surface area contributed by atoms with Crippen molar-refractivity contribution >= 4 is 17.3 Å². The van der Waals surface area contributed by atoms with Crippen LogP contribution in [-0.2, 0) is 6.54 Å². The molecular formula is C11H7ClFN3O3. The topological polar surface area (TPSA) is 78.0 Å². The average Bonchev–Trinajstić information content (AvgIpc) is 2.32. The van der Waals surface area contributed by atoms with E-state index in [9.17, 15) is 19.3 Å². The lowest BCUT2D eigenvalue weighted by molar-refractivity contribution is -0.387. The van der Waals surface area contributed by atoms with E-state index >= 15 is 0 Å². The van der Waals surface area contributed by atoms with E-state index in [0.717, 1.165) is 18.2 Å². The van der Waals surface area contributed by atoms with Crippen molar-refractivity contribution in [2.24, 2.45) is 0 Å². The molecule has 6 nitrogen and oxygen atoms in total. The Morgan fingerprint density at radius 2 is 2.16 bits per heavy atom. The standard InChI is InChI=1S/C11H7ClFN3O3/c12-10-4-11(17)15(6-14-10)5-7-1-2-9(16(18)19)8(13)3-7/h1-4,6H,5H2. The van der Waals surface area contributed by atoms with Crippen molar-refractivity contribution in [1.29, 1.82) is 0 Å². The predicted molar refractivity (Wildman–Crippen MR) is 65.7 cm³/mol. The van der Waals surface area contributed by atoms with Crippen LogP contribution in [0.15, 0.2) is 35.4 Å². The summed E-state index contributed by atoms with van der Waals surface area (Å²) in [7, 11) is 0. The van der Waals surface area contributed by atoms with Gasteiger partial charge in [0, 0.05) is 12.1 Å². The van der Waals surface area contributed by atoms with E-state index < -0.39 is 22.0 Å². The van der Waals surface area contributed by atoms with E-state index in [-0.39, 0.29) is 11.7 Å². The van der Waals surface area contributed by atoms with Gasteiger partial charge in [-0.05, 0) is 11.6 Å². The highest BCUT2D eigenvalue weighted by molar-refractivity contribution is 6.29. The maximum absolute atomic E-state index is 13.4. The molecule has 2 aromatic rings. The van der Waals surface area contributed by atoms with Crippen LogP contribution in [-0.4, -0.2) is 14.5 Å². The first-order valence-corrected chi connectivity index (χ1v) is 5.50. The fourth-order valence-corrected chi connectivity index (χ4v) is 1.65. The highest BCUT2D eigenvalue weighted by atomic mass is 35.5. The van der Waals surface area contributed by atoms with Crippen molar-refractivity contribution in [3.05, 3.63) is 67.6 Å². The summed E-state index contributed by atoms with van der Waals surface area (Å²) < 4.78 is 14.6. The summed E-state index contributed by atoms with van der Waals surface area (Å²) in [5, 5.41) is 10.5. The maximum atomic E-state index is 13.4. The van der Waals surface area contributed by atoms with Crippen molar-refractivity contribution in [3.8, 4) is 0 Å². The highest BCUT2D eigenvalue weighted by Gasteiger charge is 2.13. The minimum absolute atomic E-state index is 0.0535. The van der Waals surface area contributed by atoms with Gasteiger partial charge in [0.2, 0.25) is 5.82 Å². The molecule has 0 N–H and O–H groups in total. The number of hydrogen-bond donors (Lipinski definition) is 0. The lowest BCUT2D eigenvalue weighted by atomic mass is 10.2. The number of benzene rings is 1. The number of nitro benzene ring substituents is 1. The Morgan fingerprint density at radius 1 is 1.42 bits per heavy atom. The monoisotopic (exact) mass is 283 g/mol. The van der Waals surface area contributed by atoms with Gasteiger partial charge in [0.25, 0.3) is 5.56 Å². The van der Waals surface area contributed by atoms with Gasteiger partial charge < -0.3 is 0 Å². The zero-order valence-electron chi connectivity index (χ0n) is 9.42. The predicted octanol–water partition coefficient (Wildman–Crippen LogP) is 1.99. The molecule has 0 fully saturated rings. The Morgan fingerprint density at radius 3 is 2.74 bits per heavy atom. The van der Waals surface area contributed by atoms with Crippen LogP contribution in [0.25, 0.3) is 0 Å². The highest BCUT2D eigenvalue weighted by Crippen LogP contribution is 2.18. The molecule has 0 saturated carbocycles. The van der Waals surface area contributed by atoms with Gasteiger partial charge in [-0.3, -0.25) is 19.5 Å². The quantitative estimate of drug-likeness (QED) is 0.490. The molecule has 8 heteroatoms. The summed E-state index contributed by atoms with van der Waals surface area (Å²) in [5.74, 6) is -0.947. The van der Waals surface area contributed by atoms with Gasteiger partial charge in [0.05, 0.1) is 17.8 Å². The summed E-state index contributed by atoms with van der Waals surface area (Å²) in [6.45, 7) is 0.0535. The molecule has 0 atom stereocenters. The lowest BCUT2D eigenvalue weighted by Crippen LogP contribution is -2.19. The van der Waals surface area contributed by atoms with Crippen LogP contribution in [0, 0.1) is 15.9 Å². The Balaban J connectivity index is 2.31. The van der Waals surface area contributed by atoms with Gasteiger partial charge in [-0.25, -0.2) is 4.98 Å². The number of hydrogen-bond acceptors (Lipinski definition) is 4. The molecule has 19 heavy (non-hydrogen) atoms. The molecule has 0 aliphatic heterocycles. The van der Waals surface area contributed by atoms with Crippen LogP contribution in [0.4, 0.5) is 10.1 Å². The molecule has 0 amide bonds. The molecule has 0 saturated heterocycles. The summed E-state index contributed by atoms with van der Waals surface area (Å²) in [6.07, 6.45) is 1.23. The van der Waals surface area contributed by atoms with Crippen LogP contribution in [0.3, 0.4) is 0 Å². The molecule has 0 unspecified atom stereocenters. The summed E-state index contributed by atoms with van der Waals surface area (Å²) >= 11 is 5.54. The molecule has 1 aromatic heterocycles. The SMILES string of the molecule is O=c1cc(Cl)ncn1Cc1ccc([N+](=O)[O-])c(F)c1. The first-order chi connectivity index (χ1) is 8.97. The van der Waals surface area contributed by atoms with E-state index in [0.29, 0.717) is 5.56 Å². The smallest absolute Gasteiger partial charge is 0.295 e. The van der Waals surface area contributed by atoms with Crippen molar-refractivity contribution in [2.75, 3.05) is 0 Å². The largest absolute Gasteiger partial charge is 0.304 e. The Kier molecular flexibility index (Phi) is 3.57. The molecule has 0 aliphatic rings. The molecule has 1 heterocycles. The Bertz CT molecular complexity index is 702. The number of halogens is 2. The van der Waals surface area contributed by atoms with Crippen molar-refractivity contribution in [3.63, 3.8) is 0 Å². The van der Waals surface area contributed by atoms with Crippen molar-refractivity contribution in [1.82, 2.24) is 9.55 Å². The second-order valence-electron chi connectivity index (χ2n) is 3.72. The number of nitro groups is 1. The van der Waals surface area contributed by atoms with E-state index in [4.69, 9.17) is 11.6 Å². The zero-order chi connectivity index (χ0) is 14.0. The van der Waals surface area contributed by atoms with Gasteiger partial charge in [0.15, 0.2) is 0 Å². The summed E-state index contributed by atoms with van der Waals surface area (Å²) in [5.41, 5.74) is -0.585. The summed E-state index contributed by atoms with van der Waals surface area (Å²) in [4.78, 5) is 24.9. The van der Waals surface area contributed by atoms with E-state index in [1.807, 2.05) is 0 Å². The average molecular weight is 284 g/mol. The van der Waals surface area contributed by atoms with Gasteiger partial charge in [-0.2, -0.15) is 4.39 Å². The molecule has 2 rings (SSSR count). The molecule has 0 radical (unpaired) electrons. The Labute approximate surface area is 111 Å². The molecule has 0 spiro atoms. The molecule has 1 aromatic carbocycles. The van der Waals surface area contributed by atoms with E-state index in [2.05, 4.69) is 4.98 Å². The number of aromatic nitrogens is 2. The fourth-order valence-electron chi connectivity index (χ4n) is 1.52. The molecular weight excluding hydrogens is 277 g/mol. The van der Waals surface area contributed by atoms with E-state index in [1.54, 1.807) is 0 Å². The third kappa shape index (κ3) is 2.94. The zero-order valence-corrected chi connectivity index (χ0v) is 10.2. The lowest BCUT2D eigenvalue weighted by Gasteiger charge is -2.05. The molecule has 98 valence electrons. The second kappa shape index (κ2) is 5.15. The number of rotatable bonds is 3. The maximum Gasteiger partial charge on any atom is 0.304 e. The van der Waals surface area contributed by atoms with Crippen molar-refractivity contribution < 1.29 is 9.31 Å². The van der Waals surface area contributed by atoms with Crippen molar-refractivity contribution in [2.45, 2.75) is 6.54 Å². The fraction of sp³-hybridized carbons (Fsp3) is 0.0909. The van der Waals surface area contributed by atoms with Crippen LogP contribution in [0.5, 0.6) is 0 Å². The van der Waals surface area contributed by atoms with Gasteiger partial charge in [-0.15, -0.1) is 0 Å². The summed E-state index contributed by atoms with van der Waals surface area (Å²) in [6, 6.07) is 4.57. The first kappa shape index (κ1) is 13.2. The molecule has 0 bridgehead atoms. The van der Waals surface area contributed by atoms with Gasteiger partial charge >= 0.3 is 5.69 Å². The van der Waals surface area contributed by atoms with E-state index in [1.165, 1.54) is 17.0 Å². The minimum Gasteiger partial charge on any atom is -0.295 e. The Hall–Kier alpha value is -2.28.